The van der Waals surface area contributed by atoms with Crippen molar-refractivity contribution in [2.24, 2.45) is 25.9 Å². The summed E-state index contributed by atoms with van der Waals surface area (Å²) in [7, 11) is 0. The van der Waals surface area contributed by atoms with Gasteiger partial charge in [-0.15, -0.1) is 5.10 Å². The van der Waals surface area contributed by atoms with Crippen LogP contribution in [-0.2, 0) is 4.79 Å². The normalized spacial score (nSPS) is 18.6. The Labute approximate surface area is 238 Å². The van der Waals surface area contributed by atoms with Gasteiger partial charge in [0.05, 0.1) is 23.4 Å². The second-order valence-electron chi connectivity index (χ2n) is 9.05. The predicted octanol–water partition coefficient (Wildman–Crippen LogP) is 6.27. The lowest BCUT2D eigenvalue weighted by Crippen LogP contribution is -2.31. The molecular formula is C28H26F4N6O2S. The molecule has 1 unspecified atom stereocenters. The van der Waals surface area contributed by atoms with Crippen LogP contribution in [0.5, 0.6) is 5.75 Å². The van der Waals surface area contributed by atoms with E-state index >= 15 is 0 Å². The smallest absolute Gasteiger partial charge is 0.452 e. The number of halogens is 4. The summed E-state index contributed by atoms with van der Waals surface area (Å²) in [6, 6.07) is 12.1. The van der Waals surface area contributed by atoms with E-state index in [1.165, 1.54) is 30.2 Å². The molecule has 0 spiro atoms. The summed E-state index contributed by atoms with van der Waals surface area (Å²) >= 11 is 1.35. The highest BCUT2D eigenvalue weighted by atomic mass is 32.2. The van der Waals surface area contributed by atoms with Crippen LogP contribution in [0.25, 0.3) is 0 Å². The van der Waals surface area contributed by atoms with Gasteiger partial charge in [-0.25, -0.2) is 9.98 Å². The lowest BCUT2D eigenvalue weighted by atomic mass is 9.97. The van der Waals surface area contributed by atoms with Crippen LogP contribution in [0.2, 0.25) is 0 Å². The molecule has 8 nitrogen and oxygen atoms in total. The standard InChI is InChI=1S/C28H26F4N6O2S/c1-17-4-3-5-18(2)24(17)38-23(39)15-41-27(38)37-36-14-19-6-8-20(9-7-19)25(33)35-16-34-21-10-12-22(13-11-21)40-26(29)28(30,31)32/h4,6-14,16,26H,3,5,15H2,1-2H3,(H2,33,34,35)/b36-14+,37-27-. The largest absolute Gasteiger partial charge is 0.457 e. The molecular weight excluding hydrogens is 560 g/mol. The van der Waals surface area contributed by atoms with E-state index in [1.807, 2.05) is 13.8 Å². The minimum atomic E-state index is -5.11. The van der Waals surface area contributed by atoms with Gasteiger partial charge in [-0.3, -0.25) is 9.69 Å². The molecule has 214 valence electrons. The molecule has 41 heavy (non-hydrogen) atoms. The maximum Gasteiger partial charge on any atom is 0.457 e. The molecule has 2 N–H and O–H groups in total. The molecule has 1 atom stereocenters. The van der Waals surface area contributed by atoms with E-state index in [4.69, 9.17) is 5.73 Å². The molecule has 2 aromatic rings. The van der Waals surface area contributed by atoms with Crippen molar-refractivity contribution in [3.05, 3.63) is 82.6 Å². The van der Waals surface area contributed by atoms with Gasteiger partial charge < -0.3 is 10.5 Å². The number of rotatable bonds is 8. The maximum atomic E-state index is 13.0. The van der Waals surface area contributed by atoms with Crippen LogP contribution in [0.1, 0.15) is 37.8 Å². The highest BCUT2D eigenvalue weighted by molar-refractivity contribution is 8.15. The van der Waals surface area contributed by atoms with Crippen LogP contribution in [0.15, 0.2) is 91.6 Å². The Morgan fingerprint density at radius 1 is 1.12 bits per heavy atom. The molecule has 1 aliphatic heterocycles. The quantitative estimate of drug-likeness (QED) is 0.170. The number of nitrogens with zero attached hydrogens (tertiary/aromatic N) is 5. The fourth-order valence-electron chi connectivity index (χ4n) is 3.99. The van der Waals surface area contributed by atoms with Gasteiger partial charge >= 0.3 is 12.5 Å². The van der Waals surface area contributed by atoms with E-state index in [0.717, 1.165) is 47.4 Å². The third-order valence-corrected chi connectivity index (χ3v) is 6.94. The minimum absolute atomic E-state index is 0.0162. The van der Waals surface area contributed by atoms with Gasteiger partial charge in [-0.1, -0.05) is 42.1 Å². The molecule has 1 saturated heterocycles. The van der Waals surface area contributed by atoms with Gasteiger partial charge in [0.25, 0.3) is 0 Å². The fraction of sp³-hybridized carbons (Fsp3) is 0.250. The van der Waals surface area contributed by atoms with E-state index < -0.39 is 12.5 Å². The number of aliphatic imine (C=N–C) groups is 2. The van der Waals surface area contributed by atoms with Gasteiger partial charge in [0, 0.05) is 5.56 Å². The molecule has 0 bridgehead atoms. The number of alkyl halides is 4. The minimum Gasteiger partial charge on any atom is -0.452 e. The third kappa shape index (κ3) is 7.69. The molecule has 2 aliphatic rings. The second-order valence-corrected chi connectivity index (χ2v) is 9.99. The maximum absolute atomic E-state index is 13.0. The number of carbonyl (C=O) groups excluding carboxylic acids is 1. The van der Waals surface area contributed by atoms with Gasteiger partial charge in [-0.2, -0.15) is 22.7 Å². The number of amides is 1. The van der Waals surface area contributed by atoms with Gasteiger partial charge in [0.2, 0.25) is 5.91 Å². The Morgan fingerprint density at radius 2 is 1.83 bits per heavy atom. The van der Waals surface area contributed by atoms with Crippen molar-refractivity contribution >= 4 is 46.9 Å². The molecule has 1 amide bonds. The van der Waals surface area contributed by atoms with Crippen molar-refractivity contribution < 1.29 is 27.1 Å². The zero-order valence-corrected chi connectivity index (χ0v) is 22.9. The number of hydrogen-bond donors (Lipinski definition) is 1. The number of ether oxygens (including phenoxy) is 1. The fourth-order valence-corrected chi connectivity index (χ4v) is 4.80. The number of benzene rings is 2. The van der Waals surface area contributed by atoms with Gasteiger partial charge in [0.15, 0.2) is 5.17 Å². The monoisotopic (exact) mass is 586 g/mol. The first-order valence-electron chi connectivity index (χ1n) is 12.4. The van der Waals surface area contributed by atoms with Crippen molar-refractivity contribution in [2.75, 3.05) is 5.75 Å². The molecule has 1 fully saturated rings. The lowest BCUT2D eigenvalue weighted by molar-refractivity contribution is -0.236. The van der Waals surface area contributed by atoms with E-state index in [2.05, 4.69) is 31.0 Å². The Bertz CT molecular complexity index is 1460. The highest BCUT2D eigenvalue weighted by Crippen LogP contribution is 2.33. The van der Waals surface area contributed by atoms with Crippen LogP contribution in [0.4, 0.5) is 23.2 Å². The third-order valence-electron chi connectivity index (χ3n) is 6.03. The van der Waals surface area contributed by atoms with Crippen LogP contribution < -0.4 is 10.5 Å². The SMILES string of the molecule is CC1=CCCC(C)=C1N1C(=O)CS/C1=N\N=C\c1ccc(C(N)=NC=Nc2ccc(OC(F)C(F)(F)F)cc2)cc1. The zero-order valence-electron chi connectivity index (χ0n) is 22.1. The lowest BCUT2D eigenvalue weighted by Gasteiger charge is -2.25. The summed E-state index contributed by atoms with van der Waals surface area (Å²) in [6.45, 7) is 4.03. The van der Waals surface area contributed by atoms with Crippen molar-refractivity contribution in [1.29, 1.82) is 0 Å². The number of allylic oxidation sites excluding steroid dienone is 3. The molecule has 0 radical (unpaired) electrons. The van der Waals surface area contributed by atoms with Crippen molar-refractivity contribution in [2.45, 2.75) is 39.2 Å². The Balaban J connectivity index is 1.36. The van der Waals surface area contributed by atoms with E-state index in [9.17, 15) is 22.4 Å². The molecule has 0 saturated carbocycles. The van der Waals surface area contributed by atoms with Crippen LogP contribution >= 0.6 is 11.8 Å². The topological polar surface area (TPSA) is 105 Å². The zero-order chi connectivity index (χ0) is 29.6. The van der Waals surface area contributed by atoms with Crippen LogP contribution in [0.3, 0.4) is 0 Å². The summed E-state index contributed by atoms with van der Waals surface area (Å²) in [4.78, 5) is 22.3. The highest BCUT2D eigenvalue weighted by Gasteiger charge is 2.42. The second kappa shape index (κ2) is 12.9. The Morgan fingerprint density at radius 3 is 2.49 bits per heavy atom. The number of amidine groups is 2. The number of carbonyl (C=O) groups is 1. The predicted molar refractivity (Wildman–Crippen MR) is 153 cm³/mol. The molecule has 0 aromatic heterocycles. The first-order valence-corrected chi connectivity index (χ1v) is 13.4. The number of thioether (sulfide) groups is 1. The van der Waals surface area contributed by atoms with Crippen LogP contribution in [0, 0.1) is 0 Å². The van der Waals surface area contributed by atoms with Crippen molar-refractivity contribution in [3.8, 4) is 5.75 Å². The Hall–Kier alpha value is -4.26. The molecule has 2 aromatic carbocycles. The first-order chi connectivity index (χ1) is 19.5. The number of hydrogen-bond acceptors (Lipinski definition) is 6. The van der Waals surface area contributed by atoms with Gasteiger partial charge in [-0.05, 0) is 67.7 Å². The average molecular weight is 587 g/mol. The van der Waals surface area contributed by atoms with Crippen LogP contribution in [-0.4, -0.2) is 52.7 Å². The average Bonchev–Trinajstić information content (AvgIpc) is 3.29. The van der Waals surface area contributed by atoms with E-state index in [1.54, 1.807) is 35.4 Å². The summed E-state index contributed by atoms with van der Waals surface area (Å²) in [6.07, 6.45) is -1.76. The summed E-state index contributed by atoms with van der Waals surface area (Å²) < 4.78 is 54.0. The van der Waals surface area contributed by atoms with Crippen molar-refractivity contribution in [3.63, 3.8) is 0 Å². The van der Waals surface area contributed by atoms with E-state index in [-0.39, 0.29) is 17.5 Å². The summed E-state index contributed by atoms with van der Waals surface area (Å²) in [5.41, 5.74) is 10.9. The Kier molecular flexibility index (Phi) is 9.38. The molecule has 13 heteroatoms. The van der Waals surface area contributed by atoms with E-state index in [0.29, 0.717) is 22.2 Å². The van der Waals surface area contributed by atoms with Gasteiger partial charge in [0.1, 0.15) is 17.9 Å². The molecule has 4 rings (SSSR count). The molecule has 1 heterocycles. The van der Waals surface area contributed by atoms with Crippen molar-refractivity contribution in [1.82, 2.24) is 4.90 Å². The summed E-state index contributed by atoms with van der Waals surface area (Å²) in [5, 5.41) is 9.02. The number of nitrogens with two attached hydrogens (primary N) is 1. The summed E-state index contributed by atoms with van der Waals surface area (Å²) in [5.74, 6) is 0.191. The molecule has 1 aliphatic carbocycles. The first kappa shape index (κ1) is 29.7.